The number of rotatable bonds is 4. The van der Waals surface area contributed by atoms with Crippen LogP contribution in [0.25, 0.3) is 0 Å². The van der Waals surface area contributed by atoms with E-state index in [2.05, 4.69) is 4.98 Å². The average molecular weight is 283 g/mol. The smallest absolute Gasteiger partial charge is 0.246 e. The molecule has 0 aliphatic carbocycles. The van der Waals surface area contributed by atoms with Gasteiger partial charge in [0.05, 0.1) is 0 Å². The summed E-state index contributed by atoms with van der Waals surface area (Å²) >= 11 is 1.51. The van der Waals surface area contributed by atoms with E-state index in [-0.39, 0.29) is 10.7 Å². The van der Waals surface area contributed by atoms with E-state index in [1.165, 1.54) is 35.0 Å². The van der Waals surface area contributed by atoms with E-state index in [9.17, 15) is 8.42 Å². The van der Waals surface area contributed by atoms with Crippen molar-refractivity contribution >= 4 is 27.2 Å². The number of nitrogen functional groups attached to an aromatic ring is 1. The fraction of sp³-hybridized carbons (Fsp3) is 0.182. The van der Waals surface area contributed by atoms with Crippen molar-refractivity contribution in [2.75, 3.05) is 12.8 Å². The van der Waals surface area contributed by atoms with Crippen LogP contribution < -0.4 is 5.73 Å². The molecule has 96 valence electrons. The van der Waals surface area contributed by atoms with Crippen LogP contribution in [-0.4, -0.2) is 24.8 Å². The minimum Gasteiger partial charge on any atom is -0.383 e. The molecule has 0 spiro atoms. The molecule has 0 saturated heterocycles. The molecule has 2 heterocycles. The summed E-state index contributed by atoms with van der Waals surface area (Å²) in [6.07, 6.45) is 1.47. The molecular formula is C11H13N3O2S2. The zero-order valence-corrected chi connectivity index (χ0v) is 11.4. The molecule has 2 aromatic rings. The maximum atomic E-state index is 12.3. The van der Waals surface area contributed by atoms with Gasteiger partial charge in [0.25, 0.3) is 0 Å². The minimum absolute atomic E-state index is 0.0236. The fourth-order valence-electron chi connectivity index (χ4n) is 1.50. The standard InChI is InChI=1S/C11H13N3O2S2/c1-14(8-9-4-3-7-17-9)18(15,16)10-5-2-6-13-11(10)12/h2-7H,8H2,1H3,(H2,12,13). The Hall–Kier alpha value is -1.44. The van der Waals surface area contributed by atoms with E-state index in [1.807, 2.05) is 17.5 Å². The Morgan fingerprint density at radius 1 is 1.39 bits per heavy atom. The van der Waals surface area contributed by atoms with Crippen molar-refractivity contribution in [1.82, 2.24) is 9.29 Å². The fourth-order valence-corrected chi connectivity index (χ4v) is 3.55. The number of hydrogen-bond donors (Lipinski definition) is 1. The van der Waals surface area contributed by atoms with E-state index >= 15 is 0 Å². The Balaban J connectivity index is 2.29. The highest BCUT2D eigenvalue weighted by Gasteiger charge is 2.23. The Labute approximate surface area is 110 Å². The molecule has 0 unspecified atom stereocenters. The number of nitrogens with two attached hydrogens (primary N) is 1. The van der Waals surface area contributed by atoms with Gasteiger partial charge in [0.15, 0.2) is 0 Å². The average Bonchev–Trinajstić information content (AvgIpc) is 2.82. The molecule has 0 aromatic carbocycles. The van der Waals surface area contributed by atoms with Gasteiger partial charge in [-0.2, -0.15) is 4.31 Å². The molecule has 18 heavy (non-hydrogen) atoms. The van der Waals surface area contributed by atoms with Crippen LogP contribution in [0.3, 0.4) is 0 Å². The summed E-state index contributed by atoms with van der Waals surface area (Å²) in [5.41, 5.74) is 5.60. The molecule has 5 nitrogen and oxygen atoms in total. The topological polar surface area (TPSA) is 76.3 Å². The van der Waals surface area contributed by atoms with Crippen molar-refractivity contribution in [3.63, 3.8) is 0 Å². The van der Waals surface area contributed by atoms with Gasteiger partial charge < -0.3 is 5.73 Å². The SMILES string of the molecule is CN(Cc1cccs1)S(=O)(=O)c1cccnc1N. The second kappa shape index (κ2) is 5.05. The molecule has 0 bridgehead atoms. The minimum atomic E-state index is -3.59. The third kappa shape index (κ3) is 2.53. The molecule has 0 aliphatic heterocycles. The van der Waals surface area contributed by atoms with Gasteiger partial charge in [-0.3, -0.25) is 0 Å². The van der Waals surface area contributed by atoms with Crippen LogP contribution in [0.4, 0.5) is 5.82 Å². The highest BCUT2D eigenvalue weighted by molar-refractivity contribution is 7.89. The summed E-state index contributed by atoms with van der Waals surface area (Å²) in [4.78, 5) is 4.82. The van der Waals surface area contributed by atoms with Crippen molar-refractivity contribution in [2.45, 2.75) is 11.4 Å². The van der Waals surface area contributed by atoms with Crippen molar-refractivity contribution in [3.05, 3.63) is 40.7 Å². The Morgan fingerprint density at radius 2 is 2.17 bits per heavy atom. The molecule has 0 atom stereocenters. The third-order valence-corrected chi connectivity index (χ3v) is 5.16. The van der Waals surface area contributed by atoms with E-state index in [0.717, 1.165) is 4.88 Å². The van der Waals surface area contributed by atoms with E-state index < -0.39 is 10.0 Å². The zero-order valence-electron chi connectivity index (χ0n) is 9.78. The van der Waals surface area contributed by atoms with Crippen molar-refractivity contribution in [2.24, 2.45) is 0 Å². The predicted molar refractivity (Wildman–Crippen MR) is 71.6 cm³/mol. The summed E-state index contributed by atoms with van der Waals surface area (Å²) in [5, 5.41) is 1.91. The highest BCUT2D eigenvalue weighted by Crippen LogP contribution is 2.21. The van der Waals surface area contributed by atoms with E-state index in [4.69, 9.17) is 5.73 Å². The molecule has 0 aliphatic rings. The molecule has 2 aromatic heterocycles. The van der Waals surface area contributed by atoms with Gasteiger partial charge in [-0.25, -0.2) is 13.4 Å². The maximum absolute atomic E-state index is 12.3. The van der Waals surface area contributed by atoms with Gasteiger partial charge >= 0.3 is 0 Å². The highest BCUT2D eigenvalue weighted by atomic mass is 32.2. The predicted octanol–water partition coefficient (Wildman–Crippen LogP) is 1.55. The Kier molecular flexibility index (Phi) is 3.65. The second-order valence-electron chi connectivity index (χ2n) is 3.73. The number of aromatic nitrogens is 1. The van der Waals surface area contributed by atoms with Crippen LogP contribution in [0.5, 0.6) is 0 Å². The Morgan fingerprint density at radius 3 is 2.78 bits per heavy atom. The quantitative estimate of drug-likeness (QED) is 0.923. The number of nitrogens with zero attached hydrogens (tertiary/aromatic N) is 2. The first-order valence-electron chi connectivity index (χ1n) is 5.21. The third-order valence-electron chi connectivity index (χ3n) is 2.45. The van der Waals surface area contributed by atoms with Crippen molar-refractivity contribution < 1.29 is 8.42 Å². The maximum Gasteiger partial charge on any atom is 0.246 e. The normalized spacial score (nSPS) is 11.9. The van der Waals surface area contributed by atoms with Crippen LogP contribution in [0.1, 0.15) is 4.88 Å². The summed E-state index contributed by atoms with van der Waals surface area (Å²) in [6, 6.07) is 6.80. The number of anilines is 1. The molecule has 0 saturated carbocycles. The lowest BCUT2D eigenvalue weighted by Gasteiger charge is -2.16. The molecule has 2 rings (SSSR count). The lowest BCUT2D eigenvalue weighted by Crippen LogP contribution is -2.27. The molecule has 0 amide bonds. The van der Waals surface area contributed by atoms with Gasteiger partial charge in [0.2, 0.25) is 10.0 Å². The summed E-state index contributed by atoms with van der Waals surface area (Å²) in [5.74, 6) is 0.0236. The summed E-state index contributed by atoms with van der Waals surface area (Å²) in [7, 11) is -2.06. The lowest BCUT2D eigenvalue weighted by atomic mass is 10.5. The number of hydrogen-bond acceptors (Lipinski definition) is 5. The lowest BCUT2D eigenvalue weighted by molar-refractivity contribution is 0.470. The molecule has 2 N–H and O–H groups in total. The largest absolute Gasteiger partial charge is 0.383 e. The van der Waals surface area contributed by atoms with E-state index in [1.54, 1.807) is 6.07 Å². The molecule has 7 heteroatoms. The van der Waals surface area contributed by atoms with Crippen LogP contribution in [0.15, 0.2) is 40.7 Å². The van der Waals surface area contributed by atoms with Gasteiger partial charge in [-0.15, -0.1) is 11.3 Å². The van der Waals surface area contributed by atoms with E-state index in [0.29, 0.717) is 6.54 Å². The summed E-state index contributed by atoms with van der Waals surface area (Å²) in [6.45, 7) is 0.328. The zero-order chi connectivity index (χ0) is 13.2. The van der Waals surface area contributed by atoms with Crippen molar-refractivity contribution in [1.29, 1.82) is 0 Å². The summed E-state index contributed by atoms with van der Waals surface area (Å²) < 4.78 is 25.8. The first-order chi connectivity index (χ1) is 8.51. The number of pyridine rings is 1. The number of thiophene rings is 1. The first kappa shape index (κ1) is 13.0. The van der Waals surface area contributed by atoms with Gasteiger partial charge in [0, 0.05) is 24.7 Å². The Bertz CT molecular complexity index is 623. The monoisotopic (exact) mass is 283 g/mol. The van der Waals surface area contributed by atoms with Gasteiger partial charge in [-0.05, 0) is 23.6 Å². The molecule has 0 fully saturated rings. The van der Waals surface area contributed by atoms with Gasteiger partial charge in [0.1, 0.15) is 10.7 Å². The van der Waals surface area contributed by atoms with Crippen LogP contribution >= 0.6 is 11.3 Å². The van der Waals surface area contributed by atoms with Crippen LogP contribution in [0.2, 0.25) is 0 Å². The van der Waals surface area contributed by atoms with Crippen LogP contribution in [0, 0.1) is 0 Å². The molecular weight excluding hydrogens is 270 g/mol. The van der Waals surface area contributed by atoms with Gasteiger partial charge in [-0.1, -0.05) is 6.07 Å². The number of sulfonamides is 1. The first-order valence-corrected chi connectivity index (χ1v) is 7.53. The molecule has 0 radical (unpaired) electrons. The van der Waals surface area contributed by atoms with Crippen LogP contribution in [-0.2, 0) is 16.6 Å². The second-order valence-corrected chi connectivity index (χ2v) is 6.77. The van der Waals surface area contributed by atoms with Crippen molar-refractivity contribution in [3.8, 4) is 0 Å².